The molecule has 1 aromatic carbocycles. The van der Waals surface area contributed by atoms with Gasteiger partial charge in [0.25, 0.3) is 5.91 Å². The topological polar surface area (TPSA) is 150 Å². The van der Waals surface area contributed by atoms with Crippen LogP contribution in [0.4, 0.5) is 4.39 Å². The van der Waals surface area contributed by atoms with Crippen molar-refractivity contribution in [3.63, 3.8) is 0 Å². The molecule has 1 amide bonds. The summed E-state index contributed by atoms with van der Waals surface area (Å²) in [6.45, 7) is 6.96. The van der Waals surface area contributed by atoms with Gasteiger partial charge >= 0.3 is 0 Å². The SMILES string of the molecule is C=C/C(C#N)=C\N=C(N)CN1C(=O)c2cc(C(O)(CC)c3cn(C)cn3)cc(F)c2[C@]1(OC1CC(=CO)C1)C1=CC=C(Cl)CC1C. The molecular formula is C34H36ClFN6O4. The Labute approximate surface area is 272 Å². The molecule has 3 aliphatic rings. The minimum absolute atomic E-state index is 0.00375. The van der Waals surface area contributed by atoms with Crippen LogP contribution < -0.4 is 5.73 Å². The zero-order chi connectivity index (χ0) is 33.4. The highest BCUT2D eigenvalue weighted by Crippen LogP contribution is 2.54. The lowest BCUT2D eigenvalue weighted by atomic mass is 9.79. The third-order valence-electron chi connectivity index (χ3n) is 8.81. The van der Waals surface area contributed by atoms with E-state index in [1.165, 1.54) is 35.6 Å². The first kappa shape index (κ1) is 32.9. The number of nitrogens with zero attached hydrogens (tertiary/aromatic N) is 5. The molecule has 5 rings (SSSR count). The van der Waals surface area contributed by atoms with Crippen molar-refractivity contribution in [3.05, 3.63) is 112 Å². The fourth-order valence-electron chi connectivity index (χ4n) is 6.31. The summed E-state index contributed by atoms with van der Waals surface area (Å²) < 4.78 is 25.4. The molecule has 10 nitrogen and oxygen atoms in total. The molecule has 1 aliphatic heterocycles. The molecule has 0 bridgehead atoms. The Balaban J connectivity index is 1.75. The summed E-state index contributed by atoms with van der Waals surface area (Å²) in [6.07, 6.45) is 11.1. The second-order valence-electron chi connectivity index (χ2n) is 11.9. The number of imidazole rings is 1. The van der Waals surface area contributed by atoms with Crippen molar-refractivity contribution in [1.82, 2.24) is 14.5 Å². The zero-order valence-electron chi connectivity index (χ0n) is 25.9. The van der Waals surface area contributed by atoms with Gasteiger partial charge in [-0.15, -0.1) is 0 Å². The number of aliphatic imine (C=N–C) groups is 1. The maximum absolute atomic E-state index is 16.9. The number of benzene rings is 1. The van der Waals surface area contributed by atoms with Gasteiger partial charge in [-0.25, -0.2) is 14.4 Å². The summed E-state index contributed by atoms with van der Waals surface area (Å²) in [5.74, 6) is -1.67. The number of aliphatic hydroxyl groups excluding tert-OH is 1. The van der Waals surface area contributed by atoms with Crippen molar-refractivity contribution in [3.8, 4) is 6.07 Å². The number of hydrogen-bond donors (Lipinski definition) is 3. The molecule has 240 valence electrons. The standard InChI is InChI=1S/C34H36ClFN6O4/c1-5-21(14-37)15-39-30(38)17-42-32(44)26-12-23(33(45,6-2)29-16-41(4)19-40-29)13-28(36)31(26)34(42,46-25-10-22(11-25)18-43)27-8-7-24(35)9-20(27)3/h5,7-8,12-13,15-16,18-20,25,43,45H,1,6,9-11,17H2,2-4H3,(H2,38,39)/b21-15+,22-18?/t20?,25?,33?,34-/m1/s1. The van der Waals surface area contributed by atoms with Gasteiger partial charge in [-0.2, -0.15) is 5.26 Å². The maximum Gasteiger partial charge on any atom is 0.257 e. The number of fused-ring (bicyclic) bond motifs is 1. The summed E-state index contributed by atoms with van der Waals surface area (Å²) in [4.78, 5) is 24.4. The van der Waals surface area contributed by atoms with Crippen molar-refractivity contribution in [2.45, 2.75) is 57.0 Å². The van der Waals surface area contributed by atoms with Crippen molar-refractivity contribution in [2.24, 2.45) is 23.7 Å². The summed E-state index contributed by atoms with van der Waals surface area (Å²) in [7, 11) is 1.76. The van der Waals surface area contributed by atoms with Crippen LogP contribution in [0.15, 0.2) is 88.7 Å². The van der Waals surface area contributed by atoms with E-state index in [1.54, 1.807) is 36.9 Å². The van der Waals surface area contributed by atoms with Crippen LogP contribution in [-0.4, -0.2) is 49.1 Å². The van der Waals surface area contributed by atoms with Crippen LogP contribution in [0.5, 0.6) is 0 Å². The smallest absolute Gasteiger partial charge is 0.257 e. The molecule has 12 heteroatoms. The average molecular weight is 647 g/mol. The number of aliphatic hydroxyl groups is 2. The van der Waals surface area contributed by atoms with E-state index in [9.17, 15) is 20.3 Å². The number of allylic oxidation sites excluding steroid dienone is 5. The number of aryl methyl sites for hydroxylation is 1. The number of nitrogens with two attached hydrogens (primary N) is 1. The van der Waals surface area contributed by atoms with E-state index in [0.29, 0.717) is 35.6 Å². The predicted molar refractivity (Wildman–Crippen MR) is 172 cm³/mol. The highest BCUT2D eigenvalue weighted by molar-refractivity contribution is 6.29. The van der Waals surface area contributed by atoms with E-state index in [4.69, 9.17) is 22.1 Å². The number of halogens is 2. The average Bonchev–Trinajstić information content (AvgIpc) is 3.55. The molecule has 2 aromatic rings. The molecule has 1 aromatic heterocycles. The molecule has 0 radical (unpaired) electrons. The van der Waals surface area contributed by atoms with Gasteiger partial charge in [0.2, 0.25) is 0 Å². The molecule has 1 saturated carbocycles. The van der Waals surface area contributed by atoms with Gasteiger partial charge in [-0.1, -0.05) is 44.2 Å². The Hall–Kier alpha value is -4.50. The highest BCUT2D eigenvalue weighted by Gasteiger charge is 2.58. The first-order chi connectivity index (χ1) is 21.9. The molecule has 0 spiro atoms. The summed E-state index contributed by atoms with van der Waals surface area (Å²) in [5.41, 5.74) is 4.82. The number of carbonyl (C=O) groups is 1. The molecule has 2 unspecified atom stereocenters. The highest BCUT2D eigenvalue weighted by atomic mass is 35.5. The van der Waals surface area contributed by atoms with E-state index in [0.717, 1.165) is 11.8 Å². The number of carbonyl (C=O) groups excluding carboxylic acids is 1. The Bertz CT molecular complexity index is 1780. The molecule has 4 N–H and O–H groups in total. The van der Waals surface area contributed by atoms with E-state index in [-0.39, 0.29) is 47.0 Å². The lowest BCUT2D eigenvalue weighted by Gasteiger charge is -2.47. The number of aromatic nitrogens is 2. The Morgan fingerprint density at radius 1 is 1.39 bits per heavy atom. The van der Waals surface area contributed by atoms with E-state index in [1.807, 2.05) is 13.0 Å². The minimum Gasteiger partial charge on any atom is -0.516 e. The summed E-state index contributed by atoms with van der Waals surface area (Å²) in [6, 6.07) is 4.66. The van der Waals surface area contributed by atoms with Gasteiger partial charge in [-0.3, -0.25) is 9.69 Å². The van der Waals surface area contributed by atoms with Crippen LogP contribution in [0, 0.1) is 23.1 Å². The third kappa shape index (κ3) is 5.57. The molecule has 1 fully saturated rings. The third-order valence-corrected chi connectivity index (χ3v) is 9.09. The Kier molecular flexibility index (Phi) is 9.09. The second-order valence-corrected chi connectivity index (χ2v) is 12.3. The maximum atomic E-state index is 16.9. The van der Waals surface area contributed by atoms with Gasteiger partial charge < -0.3 is 25.3 Å². The monoisotopic (exact) mass is 646 g/mol. The Morgan fingerprint density at radius 2 is 2.13 bits per heavy atom. The fraction of sp³-hybridized carbons (Fsp3) is 0.353. The van der Waals surface area contributed by atoms with Gasteiger partial charge in [-0.05, 0) is 66.5 Å². The normalized spacial score (nSPS) is 24.4. The fourth-order valence-corrected chi connectivity index (χ4v) is 6.61. The van der Waals surface area contributed by atoms with Crippen LogP contribution in [0.2, 0.25) is 0 Å². The van der Waals surface area contributed by atoms with Crippen molar-refractivity contribution >= 4 is 23.3 Å². The molecule has 0 saturated heterocycles. The zero-order valence-corrected chi connectivity index (χ0v) is 26.6. The van der Waals surface area contributed by atoms with Crippen LogP contribution >= 0.6 is 11.6 Å². The Morgan fingerprint density at radius 3 is 2.72 bits per heavy atom. The van der Waals surface area contributed by atoms with Crippen LogP contribution in [0.25, 0.3) is 0 Å². The number of ether oxygens (including phenoxy) is 1. The van der Waals surface area contributed by atoms with Crippen molar-refractivity contribution in [2.75, 3.05) is 6.54 Å². The number of hydrogen-bond acceptors (Lipinski definition) is 7. The van der Waals surface area contributed by atoms with Gasteiger partial charge in [0.1, 0.15) is 23.3 Å². The second kappa shape index (κ2) is 12.7. The van der Waals surface area contributed by atoms with Gasteiger partial charge in [0, 0.05) is 24.5 Å². The molecule has 3 atom stereocenters. The summed E-state index contributed by atoms with van der Waals surface area (Å²) >= 11 is 6.41. The van der Waals surface area contributed by atoms with Gasteiger partial charge in [0.15, 0.2) is 5.72 Å². The minimum atomic E-state index is -1.77. The summed E-state index contributed by atoms with van der Waals surface area (Å²) in [5, 5.41) is 31.3. The molecule has 2 heterocycles. The van der Waals surface area contributed by atoms with Gasteiger partial charge in [0.05, 0.1) is 47.6 Å². The van der Waals surface area contributed by atoms with Crippen molar-refractivity contribution < 1.29 is 24.1 Å². The first-order valence-corrected chi connectivity index (χ1v) is 15.3. The predicted octanol–water partition coefficient (Wildman–Crippen LogP) is 5.47. The number of nitriles is 1. The van der Waals surface area contributed by atoms with Crippen molar-refractivity contribution in [1.29, 1.82) is 5.26 Å². The van der Waals surface area contributed by atoms with E-state index < -0.39 is 29.2 Å². The molecular weight excluding hydrogens is 611 g/mol. The number of amidine groups is 1. The number of rotatable bonds is 10. The molecule has 46 heavy (non-hydrogen) atoms. The van der Waals surface area contributed by atoms with E-state index >= 15 is 4.39 Å². The van der Waals surface area contributed by atoms with Crippen LogP contribution in [0.3, 0.4) is 0 Å². The number of amides is 1. The quantitative estimate of drug-likeness (QED) is 0.102. The lowest BCUT2D eigenvalue weighted by molar-refractivity contribution is -0.159. The van der Waals surface area contributed by atoms with Crippen LogP contribution in [0.1, 0.15) is 66.7 Å². The first-order valence-electron chi connectivity index (χ1n) is 14.9. The van der Waals surface area contributed by atoms with Crippen LogP contribution in [-0.2, 0) is 23.1 Å². The largest absolute Gasteiger partial charge is 0.516 e. The molecule has 2 aliphatic carbocycles. The van der Waals surface area contributed by atoms with E-state index in [2.05, 4.69) is 16.6 Å². The lowest BCUT2D eigenvalue weighted by Crippen LogP contribution is -2.54.